The summed E-state index contributed by atoms with van der Waals surface area (Å²) in [6, 6.07) is 3.42. The molecule has 1 fully saturated rings. The van der Waals surface area contributed by atoms with E-state index in [2.05, 4.69) is 4.72 Å². The topological polar surface area (TPSA) is 75.6 Å². The molecule has 2 N–H and O–H groups in total. The number of thiophene rings is 1. The van der Waals surface area contributed by atoms with Crippen molar-refractivity contribution in [2.24, 2.45) is 0 Å². The average Bonchev–Trinajstić information content (AvgIpc) is 3.04. The molecular weight excluding hydrogens is 298 g/mol. The van der Waals surface area contributed by atoms with Crippen LogP contribution in [-0.4, -0.2) is 38.9 Å². The zero-order chi connectivity index (χ0) is 14.6. The fraction of sp³-hybridized carbons (Fsp3) is 0.692. The SMILES string of the molecule is Cc1ccc(S(=O)(=O)NCC2(OCCO)CCCC2)s1. The van der Waals surface area contributed by atoms with Gasteiger partial charge in [0.25, 0.3) is 0 Å². The zero-order valence-electron chi connectivity index (χ0n) is 11.6. The molecule has 1 aliphatic rings. The molecule has 1 aliphatic carbocycles. The quantitative estimate of drug-likeness (QED) is 0.801. The van der Waals surface area contributed by atoms with E-state index in [0.29, 0.717) is 4.21 Å². The maximum atomic E-state index is 12.2. The normalized spacial score (nSPS) is 18.5. The molecule has 5 nitrogen and oxygen atoms in total. The second-order valence-corrected chi connectivity index (χ2v) is 8.43. The Morgan fingerprint density at radius 2 is 2.10 bits per heavy atom. The van der Waals surface area contributed by atoms with E-state index in [1.54, 1.807) is 12.1 Å². The Morgan fingerprint density at radius 3 is 2.65 bits per heavy atom. The standard InChI is InChI=1S/C13H21NO4S2/c1-11-4-5-12(19-11)20(16,17)14-10-13(18-9-8-15)6-2-3-7-13/h4-5,14-15H,2-3,6-10H2,1H3. The fourth-order valence-corrected chi connectivity index (χ4v) is 4.95. The van der Waals surface area contributed by atoms with Crippen LogP contribution >= 0.6 is 11.3 Å². The van der Waals surface area contributed by atoms with Crippen LogP contribution in [0.2, 0.25) is 0 Å². The molecule has 1 aromatic rings. The molecule has 1 saturated carbocycles. The largest absolute Gasteiger partial charge is 0.394 e. The predicted molar refractivity (Wildman–Crippen MR) is 78.5 cm³/mol. The first-order valence-corrected chi connectivity index (χ1v) is 9.08. The molecule has 0 bridgehead atoms. The van der Waals surface area contributed by atoms with Crippen molar-refractivity contribution in [3.8, 4) is 0 Å². The number of ether oxygens (including phenoxy) is 1. The van der Waals surface area contributed by atoms with Gasteiger partial charge in [-0.15, -0.1) is 11.3 Å². The number of aliphatic hydroxyl groups is 1. The molecule has 0 unspecified atom stereocenters. The maximum Gasteiger partial charge on any atom is 0.250 e. The van der Waals surface area contributed by atoms with E-state index in [1.165, 1.54) is 11.3 Å². The van der Waals surface area contributed by atoms with Crippen molar-refractivity contribution in [1.29, 1.82) is 0 Å². The predicted octanol–water partition coefficient (Wildman–Crippen LogP) is 1.66. The Balaban J connectivity index is 2.02. The third-order valence-electron chi connectivity index (χ3n) is 3.58. The summed E-state index contributed by atoms with van der Waals surface area (Å²) in [7, 11) is -3.46. The maximum absolute atomic E-state index is 12.2. The third-order valence-corrected chi connectivity index (χ3v) is 6.47. The number of hydrogen-bond donors (Lipinski definition) is 2. The van der Waals surface area contributed by atoms with Crippen molar-refractivity contribution in [2.45, 2.75) is 42.4 Å². The van der Waals surface area contributed by atoms with E-state index in [9.17, 15) is 8.42 Å². The van der Waals surface area contributed by atoms with Gasteiger partial charge in [0.05, 0.1) is 18.8 Å². The number of hydrogen-bond acceptors (Lipinski definition) is 5. The minimum absolute atomic E-state index is 0.0430. The van der Waals surface area contributed by atoms with Crippen molar-refractivity contribution in [1.82, 2.24) is 4.72 Å². The molecule has 0 atom stereocenters. The van der Waals surface area contributed by atoms with Crippen LogP contribution in [0.5, 0.6) is 0 Å². The minimum atomic E-state index is -3.46. The van der Waals surface area contributed by atoms with E-state index in [0.717, 1.165) is 30.6 Å². The summed E-state index contributed by atoms with van der Waals surface area (Å²) in [4.78, 5) is 0.970. The van der Waals surface area contributed by atoms with Crippen molar-refractivity contribution in [2.75, 3.05) is 19.8 Å². The van der Waals surface area contributed by atoms with Crippen LogP contribution in [0.25, 0.3) is 0 Å². The van der Waals surface area contributed by atoms with Gasteiger partial charge in [0, 0.05) is 11.4 Å². The molecular formula is C13H21NO4S2. The van der Waals surface area contributed by atoms with Gasteiger partial charge in [-0.05, 0) is 31.9 Å². The zero-order valence-corrected chi connectivity index (χ0v) is 13.2. The molecule has 0 radical (unpaired) electrons. The lowest BCUT2D eigenvalue weighted by Crippen LogP contribution is -2.43. The molecule has 20 heavy (non-hydrogen) atoms. The number of aliphatic hydroxyl groups excluding tert-OH is 1. The molecule has 0 saturated heterocycles. The molecule has 2 rings (SSSR count). The summed E-state index contributed by atoms with van der Waals surface area (Å²) in [5.41, 5.74) is -0.456. The first-order chi connectivity index (χ1) is 9.47. The van der Waals surface area contributed by atoms with Crippen LogP contribution in [0.4, 0.5) is 0 Å². The van der Waals surface area contributed by atoms with Gasteiger partial charge < -0.3 is 9.84 Å². The summed E-state index contributed by atoms with van der Waals surface area (Å²) in [6.07, 6.45) is 3.73. The van der Waals surface area contributed by atoms with Gasteiger partial charge in [-0.25, -0.2) is 13.1 Å². The number of aryl methyl sites for hydroxylation is 1. The lowest BCUT2D eigenvalue weighted by Gasteiger charge is -2.29. The van der Waals surface area contributed by atoms with Crippen molar-refractivity contribution < 1.29 is 18.3 Å². The molecule has 1 aromatic heterocycles. The van der Waals surface area contributed by atoms with Crippen LogP contribution in [0.15, 0.2) is 16.3 Å². The van der Waals surface area contributed by atoms with E-state index in [-0.39, 0.29) is 19.8 Å². The minimum Gasteiger partial charge on any atom is -0.394 e. The van der Waals surface area contributed by atoms with Crippen LogP contribution in [-0.2, 0) is 14.8 Å². The van der Waals surface area contributed by atoms with Gasteiger partial charge in [-0.2, -0.15) is 0 Å². The van der Waals surface area contributed by atoms with E-state index < -0.39 is 15.6 Å². The Bertz CT molecular complexity index is 532. The number of nitrogens with one attached hydrogen (secondary N) is 1. The lowest BCUT2D eigenvalue weighted by atomic mass is 10.0. The van der Waals surface area contributed by atoms with E-state index >= 15 is 0 Å². The summed E-state index contributed by atoms with van der Waals surface area (Å²) < 4.78 is 33.1. The average molecular weight is 319 g/mol. The summed E-state index contributed by atoms with van der Waals surface area (Å²) in [5.74, 6) is 0. The van der Waals surface area contributed by atoms with Gasteiger partial charge >= 0.3 is 0 Å². The molecule has 0 spiro atoms. The second kappa shape index (κ2) is 6.53. The Hall–Kier alpha value is -0.470. The van der Waals surface area contributed by atoms with Crippen molar-refractivity contribution in [3.63, 3.8) is 0 Å². The lowest BCUT2D eigenvalue weighted by molar-refractivity contribution is -0.0492. The fourth-order valence-electron chi connectivity index (χ4n) is 2.51. The highest BCUT2D eigenvalue weighted by Crippen LogP contribution is 2.33. The smallest absolute Gasteiger partial charge is 0.250 e. The number of rotatable bonds is 7. The van der Waals surface area contributed by atoms with E-state index in [4.69, 9.17) is 9.84 Å². The molecule has 0 aromatic carbocycles. The van der Waals surface area contributed by atoms with Crippen molar-refractivity contribution in [3.05, 3.63) is 17.0 Å². The first-order valence-electron chi connectivity index (χ1n) is 6.78. The van der Waals surface area contributed by atoms with Crippen LogP contribution in [0.3, 0.4) is 0 Å². The third kappa shape index (κ3) is 3.79. The van der Waals surface area contributed by atoms with Gasteiger partial charge in [0.2, 0.25) is 10.0 Å². The number of sulfonamides is 1. The van der Waals surface area contributed by atoms with Crippen LogP contribution in [0, 0.1) is 6.92 Å². The first kappa shape index (κ1) is 15.9. The van der Waals surface area contributed by atoms with Crippen molar-refractivity contribution >= 4 is 21.4 Å². The summed E-state index contributed by atoms with van der Waals surface area (Å²) in [5, 5.41) is 8.89. The molecule has 0 amide bonds. The highest BCUT2D eigenvalue weighted by atomic mass is 32.2. The van der Waals surface area contributed by atoms with Crippen LogP contribution < -0.4 is 4.72 Å². The van der Waals surface area contributed by atoms with Gasteiger partial charge in [-0.1, -0.05) is 12.8 Å². The molecule has 7 heteroatoms. The Morgan fingerprint density at radius 1 is 1.40 bits per heavy atom. The highest BCUT2D eigenvalue weighted by Gasteiger charge is 2.36. The van der Waals surface area contributed by atoms with Gasteiger partial charge in [-0.3, -0.25) is 0 Å². The highest BCUT2D eigenvalue weighted by molar-refractivity contribution is 7.91. The van der Waals surface area contributed by atoms with Crippen LogP contribution in [0.1, 0.15) is 30.6 Å². The van der Waals surface area contributed by atoms with E-state index in [1.807, 2.05) is 6.92 Å². The summed E-state index contributed by atoms with van der Waals surface area (Å²) in [6.45, 7) is 2.36. The Labute approximate surface area is 124 Å². The monoisotopic (exact) mass is 319 g/mol. The molecule has 1 heterocycles. The van der Waals surface area contributed by atoms with Gasteiger partial charge in [0.15, 0.2) is 0 Å². The van der Waals surface area contributed by atoms with Gasteiger partial charge in [0.1, 0.15) is 4.21 Å². The second-order valence-electron chi connectivity index (χ2n) is 5.15. The molecule has 114 valence electrons. The molecule has 0 aliphatic heterocycles. The summed E-state index contributed by atoms with van der Waals surface area (Å²) >= 11 is 1.26. The Kier molecular flexibility index (Phi) is 5.19.